The number of benzene rings is 1. The Hall–Kier alpha value is -1.97. The Morgan fingerprint density at radius 2 is 1.86 bits per heavy atom. The van der Waals surface area contributed by atoms with E-state index in [1.165, 1.54) is 10.5 Å². The number of rotatable bonds is 7. The number of pyridine rings is 1. The number of aromatic nitrogens is 1. The zero-order valence-corrected chi connectivity index (χ0v) is 19.0. The van der Waals surface area contributed by atoms with Crippen LogP contribution in [0.15, 0.2) is 46.0 Å². The van der Waals surface area contributed by atoms with Crippen molar-refractivity contribution in [1.29, 1.82) is 0 Å². The van der Waals surface area contributed by atoms with Crippen molar-refractivity contribution in [3.8, 4) is 0 Å². The van der Waals surface area contributed by atoms with Crippen molar-refractivity contribution in [3.63, 3.8) is 0 Å². The van der Waals surface area contributed by atoms with Gasteiger partial charge in [0, 0.05) is 43.0 Å². The van der Waals surface area contributed by atoms with Crippen LogP contribution in [0.4, 0.5) is 11.4 Å². The summed E-state index contributed by atoms with van der Waals surface area (Å²) < 4.78 is 28.0. The fourth-order valence-corrected chi connectivity index (χ4v) is 5.30. The normalized spacial score (nSPS) is 14.4. The molecule has 1 N–H and O–H groups in total. The molecule has 1 aromatic carbocycles. The second-order valence-corrected chi connectivity index (χ2v) is 9.66. The molecule has 1 aliphatic rings. The van der Waals surface area contributed by atoms with Gasteiger partial charge in [-0.1, -0.05) is 13.8 Å². The van der Waals surface area contributed by atoms with E-state index in [4.69, 9.17) is 0 Å². The van der Waals surface area contributed by atoms with Crippen LogP contribution < -0.4 is 10.2 Å². The summed E-state index contributed by atoms with van der Waals surface area (Å²) in [6.45, 7) is 6.15. The number of nitrogens with zero attached hydrogens (tertiary/aromatic N) is 3. The third kappa shape index (κ3) is 4.79. The quantitative estimate of drug-likeness (QED) is 0.652. The lowest BCUT2D eigenvalue weighted by Crippen LogP contribution is -2.31. The molecule has 7 nitrogen and oxygen atoms in total. The smallest absolute Gasteiger partial charge is 0.257 e. The highest BCUT2D eigenvalue weighted by Gasteiger charge is 2.25. The van der Waals surface area contributed by atoms with Crippen LogP contribution >= 0.6 is 15.9 Å². The van der Waals surface area contributed by atoms with E-state index in [9.17, 15) is 13.2 Å². The maximum absolute atomic E-state index is 13.0. The van der Waals surface area contributed by atoms with E-state index in [2.05, 4.69) is 31.1 Å². The highest BCUT2D eigenvalue weighted by molar-refractivity contribution is 9.10. The third-order valence-electron chi connectivity index (χ3n) is 4.97. The predicted molar refractivity (Wildman–Crippen MR) is 118 cm³/mol. The molecular weight excluding hydrogens is 456 g/mol. The molecular formula is C20H25BrN4O3S. The summed E-state index contributed by atoms with van der Waals surface area (Å²) in [4.78, 5) is 19.2. The second-order valence-electron chi connectivity index (χ2n) is 6.81. The van der Waals surface area contributed by atoms with E-state index in [0.717, 1.165) is 31.6 Å². The first kappa shape index (κ1) is 21.7. The SMILES string of the molecule is CCN(CC)S(=O)(=O)c1ccc(N2CCCC2)c(NC(=O)c2cncc(Br)c2)c1. The summed E-state index contributed by atoms with van der Waals surface area (Å²) in [5.41, 5.74) is 1.71. The highest BCUT2D eigenvalue weighted by atomic mass is 79.9. The van der Waals surface area contributed by atoms with Gasteiger partial charge in [-0.15, -0.1) is 0 Å². The van der Waals surface area contributed by atoms with Crippen LogP contribution in [-0.4, -0.2) is 49.8 Å². The molecule has 1 aromatic heterocycles. The monoisotopic (exact) mass is 480 g/mol. The standard InChI is InChI=1S/C20H25BrN4O3S/c1-3-25(4-2)29(27,28)17-7-8-19(24-9-5-6-10-24)18(12-17)23-20(26)15-11-16(21)14-22-13-15/h7-8,11-14H,3-6,9-10H2,1-2H3,(H,23,26). The molecule has 29 heavy (non-hydrogen) atoms. The molecule has 9 heteroatoms. The van der Waals surface area contributed by atoms with E-state index in [1.54, 1.807) is 30.5 Å². The molecule has 1 fully saturated rings. The molecule has 1 amide bonds. The molecule has 156 valence electrons. The van der Waals surface area contributed by atoms with Crippen LogP contribution in [0.3, 0.4) is 0 Å². The number of carbonyl (C=O) groups is 1. The Bertz CT molecular complexity index is 987. The number of halogens is 1. The van der Waals surface area contributed by atoms with Crippen molar-refractivity contribution in [2.24, 2.45) is 0 Å². The largest absolute Gasteiger partial charge is 0.370 e. The Labute approximate surface area is 180 Å². The van der Waals surface area contributed by atoms with Gasteiger partial charge < -0.3 is 10.2 Å². The predicted octanol–water partition coefficient (Wildman–Crippen LogP) is 3.73. The minimum Gasteiger partial charge on any atom is -0.370 e. The maximum Gasteiger partial charge on any atom is 0.257 e. The molecule has 0 atom stereocenters. The number of hydrogen-bond donors (Lipinski definition) is 1. The summed E-state index contributed by atoms with van der Waals surface area (Å²) in [7, 11) is -3.63. The molecule has 1 aliphatic heterocycles. The van der Waals surface area contributed by atoms with Crippen LogP contribution in [0.5, 0.6) is 0 Å². The molecule has 0 spiro atoms. The minimum absolute atomic E-state index is 0.173. The van der Waals surface area contributed by atoms with Crippen molar-refractivity contribution in [1.82, 2.24) is 9.29 Å². The van der Waals surface area contributed by atoms with Crippen LogP contribution in [0.2, 0.25) is 0 Å². The summed E-state index contributed by atoms with van der Waals surface area (Å²) in [5.74, 6) is -0.336. The van der Waals surface area contributed by atoms with Gasteiger partial charge in [0.15, 0.2) is 0 Å². The Kier molecular flexibility index (Phi) is 6.92. The van der Waals surface area contributed by atoms with Crippen molar-refractivity contribution in [2.45, 2.75) is 31.6 Å². The molecule has 0 saturated carbocycles. The zero-order chi connectivity index (χ0) is 21.0. The average molecular weight is 481 g/mol. The second kappa shape index (κ2) is 9.23. The Morgan fingerprint density at radius 1 is 1.17 bits per heavy atom. The van der Waals surface area contributed by atoms with Crippen molar-refractivity contribution in [2.75, 3.05) is 36.4 Å². The van der Waals surface area contributed by atoms with Crippen LogP contribution in [0.1, 0.15) is 37.0 Å². The Balaban J connectivity index is 2.00. The first-order valence-electron chi connectivity index (χ1n) is 9.68. The van der Waals surface area contributed by atoms with E-state index in [-0.39, 0.29) is 10.8 Å². The van der Waals surface area contributed by atoms with E-state index >= 15 is 0 Å². The average Bonchev–Trinajstić information content (AvgIpc) is 3.23. The molecule has 2 aromatic rings. The zero-order valence-electron chi connectivity index (χ0n) is 16.6. The number of sulfonamides is 1. The molecule has 0 aliphatic carbocycles. The van der Waals surface area contributed by atoms with Gasteiger partial charge in [0.05, 0.1) is 21.8 Å². The number of nitrogens with one attached hydrogen (secondary N) is 1. The molecule has 0 radical (unpaired) electrons. The van der Waals surface area contributed by atoms with Crippen molar-refractivity contribution >= 4 is 43.2 Å². The molecule has 1 saturated heterocycles. The van der Waals surface area contributed by atoms with Crippen LogP contribution in [0, 0.1) is 0 Å². The van der Waals surface area contributed by atoms with Gasteiger partial charge in [0.1, 0.15) is 0 Å². The highest BCUT2D eigenvalue weighted by Crippen LogP contribution is 2.32. The van der Waals surface area contributed by atoms with E-state index in [0.29, 0.717) is 28.8 Å². The number of amides is 1. The molecule has 0 bridgehead atoms. The van der Waals surface area contributed by atoms with Gasteiger partial charge >= 0.3 is 0 Å². The van der Waals surface area contributed by atoms with Crippen LogP contribution in [0.25, 0.3) is 0 Å². The van der Waals surface area contributed by atoms with Gasteiger partial charge in [-0.2, -0.15) is 4.31 Å². The number of anilines is 2. The lowest BCUT2D eigenvalue weighted by atomic mass is 10.2. The van der Waals surface area contributed by atoms with Gasteiger partial charge in [-0.3, -0.25) is 9.78 Å². The van der Waals surface area contributed by atoms with Gasteiger partial charge in [0.2, 0.25) is 10.0 Å². The topological polar surface area (TPSA) is 82.6 Å². The molecule has 3 rings (SSSR count). The van der Waals surface area contributed by atoms with E-state index in [1.807, 2.05) is 13.8 Å². The molecule has 0 unspecified atom stereocenters. The maximum atomic E-state index is 13.0. The lowest BCUT2D eigenvalue weighted by Gasteiger charge is -2.24. The fourth-order valence-electron chi connectivity index (χ4n) is 3.45. The number of hydrogen-bond acceptors (Lipinski definition) is 5. The summed E-state index contributed by atoms with van der Waals surface area (Å²) in [6, 6.07) is 6.65. The molecule has 2 heterocycles. The summed E-state index contributed by atoms with van der Waals surface area (Å²) in [6.07, 6.45) is 5.22. The van der Waals surface area contributed by atoms with E-state index < -0.39 is 10.0 Å². The minimum atomic E-state index is -3.63. The lowest BCUT2D eigenvalue weighted by molar-refractivity contribution is 0.102. The van der Waals surface area contributed by atoms with Gasteiger partial charge in [-0.05, 0) is 53.0 Å². The van der Waals surface area contributed by atoms with Gasteiger partial charge in [0.25, 0.3) is 5.91 Å². The van der Waals surface area contributed by atoms with Crippen molar-refractivity contribution in [3.05, 3.63) is 46.7 Å². The van der Waals surface area contributed by atoms with Gasteiger partial charge in [-0.25, -0.2) is 8.42 Å². The number of carbonyl (C=O) groups excluding carboxylic acids is 1. The fraction of sp³-hybridized carbons (Fsp3) is 0.400. The van der Waals surface area contributed by atoms with Crippen molar-refractivity contribution < 1.29 is 13.2 Å². The first-order valence-corrected chi connectivity index (χ1v) is 11.9. The Morgan fingerprint density at radius 3 is 2.48 bits per heavy atom. The third-order valence-corrected chi connectivity index (χ3v) is 7.45. The summed E-state index contributed by atoms with van der Waals surface area (Å²) >= 11 is 3.32. The van der Waals surface area contributed by atoms with Crippen LogP contribution in [-0.2, 0) is 10.0 Å². The first-order chi connectivity index (χ1) is 13.9. The summed E-state index contributed by atoms with van der Waals surface area (Å²) in [5, 5.41) is 2.89.